The standard InChI is InChI=1S/C20H29N3O4.ClH/c1-2-27-18-5-3-15(4-6-18)20(25)23-10-7-16(8-11-23)22-19(24)13-17-14-26-12-9-21-17;/h3-6,16-17,21H,2,7-14H2,1H3,(H,22,24);1H. The Balaban J connectivity index is 0.00000280. The molecule has 2 amide bonds. The van der Waals surface area contributed by atoms with Gasteiger partial charge in [0.05, 0.1) is 19.8 Å². The molecule has 2 fully saturated rings. The Bertz CT molecular complexity index is 627. The number of rotatable bonds is 6. The van der Waals surface area contributed by atoms with E-state index in [9.17, 15) is 9.59 Å². The van der Waals surface area contributed by atoms with Crippen LogP contribution in [-0.4, -0.2) is 68.3 Å². The van der Waals surface area contributed by atoms with Crippen LogP contribution in [-0.2, 0) is 9.53 Å². The number of carbonyl (C=O) groups excluding carboxylic acids is 2. The monoisotopic (exact) mass is 411 g/mol. The molecule has 1 atom stereocenters. The van der Waals surface area contributed by atoms with Crippen LogP contribution < -0.4 is 15.4 Å². The van der Waals surface area contributed by atoms with E-state index in [1.165, 1.54) is 0 Å². The van der Waals surface area contributed by atoms with E-state index >= 15 is 0 Å². The highest BCUT2D eigenvalue weighted by Crippen LogP contribution is 2.17. The Morgan fingerprint density at radius 2 is 1.96 bits per heavy atom. The SMILES string of the molecule is CCOc1ccc(C(=O)N2CCC(NC(=O)CC3COCCN3)CC2)cc1.Cl. The number of piperidine rings is 1. The molecule has 3 rings (SSSR count). The molecule has 7 nitrogen and oxygen atoms in total. The van der Waals surface area contributed by atoms with Gasteiger partial charge in [-0.15, -0.1) is 12.4 Å². The quantitative estimate of drug-likeness (QED) is 0.743. The summed E-state index contributed by atoms with van der Waals surface area (Å²) in [5.74, 6) is 0.856. The minimum Gasteiger partial charge on any atom is -0.494 e. The van der Waals surface area contributed by atoms with E-state index in [1.807, 2.05) is 24.0 Å². The van der Waals surface area contributed by atoms with E-state index in [0.717, 1.165) is 25.1 Å². The van der Waals surface area contributed by atoms with Crippen LogP contribution >= 0.6 is 12.4 Å². The fourth-order valence-corrected chi connectivity index (χ4v) is 3.53. The third-order valence-electron chi connectivity index (χ3n) is 4.99. The van der Waals surface area contributed by atoms with Crippen molar-refractivity contribution in [1.29, 1.82) is 0 Å². The van der Waals surface area contributed by atoms with E-state index < -0.39 is 0 Å². The van der Waals surface area contributed by atoms with Gasteiger partial charge in [-0.1, -0.05) is 0 Å². The molecule has 2 aliphatic rings. The summed E-state index contributed by atoms with van der Waals surface area (Å²) < 4.78 is 10.8. The maximum Gasteiger partial charge on any atom is 0.253 e. The highest BCUT2D eigenvalue weighted by Gasteiger charge is 2.25. The fraction of sp³-hybridized carbons (Fsp3) is 0.600. The minimum atomic E-state index is 0. The molecular formula is C20H30ClN3O4. The third kappa shape index (κ3) is 6.36. The van der Waals surface area contributed by atoms with Crippen LogP contribution in [0.25, 0.3) is 0 Å². The summed E-state index contributed by atoms with van der Waals surface area (Å²) in [7, 11) is 0. The van der Waals surface area contributed by atoms with Gasteiger partial charge >= 0.3 is 0 Å². The average molecular weight is 412 g/mol. The number of carbonyl (C=O) groups is 2. The van der Waals surface area contributed by atoms with Crippen LogP contribution in [0.4, 0.5) is 0 Å². The molecule has 156 valence electrons. The Labute approximate surface area is 172 Å². The van der Waals surface area contributed by atoms with Gasteiger partial charge in [-0.2, -0.15) is 0 Å². The zero-order valence-electron chi connectivity index (χ0n) is 16.3. The van der Waals surface area contributed by atoms with Gasteiger partial charge in [0.1, 0.15) is 5.75 Å². The molecule has 8 heteroatoms. The topological polar surface area (TPSA) is 79.9 Å². The predicted molar refractivity (Wildman–Crippen MR) is 109 cm³/mol. The van der Waals surface area contributed by atoms with Crippen molar-refractivity contribution >= 4 is 24.2 Å². The van der Waals surface area contributed by atoms with Crippen molar-refractivity contribution in [3.05, 3.63) is 29.8 Å². The van der Waals surface area contributed by atoms with Gasteiger partial charge in [-0.05, 0) is 44.0 Å². The van der Waals surface area contributed by atoms with Crippen LogP contribution in [0.2, 0.25) is 0 Å². The second-order valence-corrected chi connectivity index (χ2v) is 7.02. The van der Waals surface area contributed by atoms with Crippen molar-refractivity contribution < 1.29 is 19.1 Å². The number of benzene rings is 1. The summed E-state index contributed by atoms with van der Waals surface area (Å²) >= 11 is 0. The van der Waals surface area contributed by atoms with E-state index in [0.29, 0.717) is 44.9 Å². The largest absolute Gasteiger partial charge is 0.494 e. The molecule has 0 aromatic heterocycles. The lowest BCUT2D eigenvalue weighted by Gasteiger charge is -2.33. The summed E-state index contributed by atoms with van der Waals surface area (Å²) in [5.41, 5.74) is 0.671. The number of amides is 2. The molecule has 0 radical (unpaired) electrons. The van der Waals surface area contributed by atoms with Crippen molar-refractivity contribution in [2.45, 2.75) is 38.3 Å². The Kier molecular flexibility index (Phi) is 9.02. The van der Waals surface area contributed by atoms with Crippen molar-refractivity contribution in [1.82, 2.24) is 15.5 Å². The molecule has 1 unspecified atom stereocenters. The normalized spacial score (nSPS) is 20.2. The summed E-state index contributed by atoms with van der Waals surface area (Å²) in [6.45, 7) is 5.94. The summed E-state index contributed by atoms with van der Waals surface area (Å²) in [4.78, 5) is 26.7. The zero-order valence-corrected chi connectivity index (χ0v) is 17.1. The number of ether oxygens (including phenoxy) is 2. The van der Waals surface area contributed by atoms with Gasteiger partial charge in [0.15, 0.2) is 0 Å². The first-order valence-corrected chi connectivity index (χ1v) is 9.78. The molecule has 0 spiro atoms. The van der Waals surface area contributed by atoms with Crippen molar-refractivity contribution in [2.75, 3.05) is 39.5 Å². The predicted octanol–water partition coefficient (Wildman–Crippen LogP) is 1.61. The number of likely N-dealkylation sites (tertiary alicyclic amines) is 1. The second kappa shape index (κ2) is 11.2. The number of nitrogens with one attached hydrogen (secondary N) is 2. The molecule has 2 saturated heterocycles. The number of nitrogens with zero attached hydrogens (tertiary/aromatic N) is 1. The average Bonchev–Trinajstić information content (AvgIpc) is 2.69. The van der Waals surface area contributed by atoms with Gasteiger partial charge in [0, 0.05) is 43.7 Å². The Morgan fingerprint density at radius 3 is 2.57 bits per heavy atom. The maximum absolute atomic E-state index is 12.6. The number of halogens is 1. The molecule has 28 heavy (non-hydrogen) atoms. The van der Waals surface area contributed by atoms with Gasteiger partial charge in [-0.25, -0.2) is 0 Å². The number of hydrogen-bond donors (Lipinski definition) is 2. The van der Waals surface area contributed by atoms with E-state index in [2.05, 4.69) is 10.6 Å². The lowest BCUT2D eigenvalue weighted by molar-refractivity contribution is -0.123. The summed E-state index contributed by atoms with van der Waals surface area (Å²) in [6, 6.07) is 7.49. The molecule has 0 saturated carbocycles. The Morgan fingerprint density at radius 1 is 1.25 bits per heavy atom. The lowest BCUT2D eigenvalue weighted by atomic mass is 10.0. The first kappa shape index (κ1) is 22.5. The number of morpholine rings is 1. The summed E-state index contributed by atoms with van der Waals surface area (Å²) in [6.07, 6.45) is 2.00. The maximum atomic E-state index is 12.6. The van der Waals surface area contributed by atoms with Crippen LogP contribution in [0, 0.1) is 0 Å². The molecule has 2 heterocycles. The molecular weight excluding hydrogens is 382 g/mol. The molecule has 0 aliphatic carbocycles. The molecule has 1 aromatic rings. The van der Waals surface area contributed by atoms with Crippen LogP contribution in [0.1, 0.15) is 36.5 Å². The molecule has 1 aromatic carbocycles. The van der Waals surface area contributed by atoms with Crippen LogP contribution in [0.3, 0.4) is 0 Å². The van der Waals surface area contributed by atoms with Gasteiger partial charge in [0.2, 0.25) is 5.91 Å². The smallest absolute Gasteiger partial charge is 0.253 e. The van der Waals surface area contributed by atoms with Gasteiger partial charge < -0.3 is 25.0 Å². The highest BCUT2D eigenvalue weighted by molar-refractivity contribution is 5.94. The van der Waals surface area contributed by atoms with Gasteiger partial charge in [0.25, 0.3) is 5.91 Å². The van der Waals surface area contributed by atoms with Crippen molar-refractivity contribution in [3.63, 3.8) is 0 Å². The molecule has 2 N–H and O–H groups in total. The first-order chi connectivity index (χ1) is 13.2. The van der Waals surface area contributed by atoms with E-state index in [4.69, 9.17) is 9.47 Å². The van der Waals surface area contributed by atoms with Crippen LogP contribution in [0.15, 0.2) is 24.3 Å². The molecule has 0 bridgehead atoms. The van der Waals surface area contributed by atoms with E-state index in [-0.39, 0.29) is 36.3 Å². The highest BCUT2D eigenvalue weighted by atomic mass is 35.5. The van der Waals surface area contributed by atoms with E-state index in [1.54, 1.807) is 12.1 Å². The van der Waals surface area contributed by atoms with Crippen LogP contribution in [0.5, 0.6) is 5.75 Å². The Hall–Kier alpha value is -1.83. The summed E-state index contributed by atoms with van der Waals surface area (Å²) in [5, 5.41) is 6.39. The fourth-order valence-electron chi connectivity index (χ4n) is 3.53. The van der Waals surface area contributed by atoms with Crippen molar-refractivity contribution in [3.8, 4) is 5.75 Å². The van der Waals surface area contributed by atoms with Gasteiger partial charge in [-0.3, -0.25) is 9.59 Å². The molecule has 2 aliphatic heterocycles. The zero-order chi connectivity index (χ0) is 19.1. The first-order valence-electron chi connectivity index (χ1n) is 9.78. The lowest BCUT2D eigenvalue weighted by Crippen LogP contribution is -2.49. The number of hydrogen-bond acceptors (Lipinski definition) is 5. The second-order valence-electron chi connectivity index (χ2n) is 7.02. The van der Waals surface area contributed by atoms with Crippen molar-refractivity contribution in [2.24, 2.45) is 0 Å². The third-order valence-corrected chi connectivity index (χ3v) is 4.99. The minimum absolute atomic E-state index is 0.